The molecule has 1 aliphatic heterocycles. The van der Waals surface area contributed by atoms with Crippen molar-refractivity contribution in [3.63, 3.8) is 0 Å². The van der Waals surface area contributed by atoms with Gasteiger partial charge in [-0.2, -0.15) is 18.4 Å². The number of nitriles is 1. The first-order valence-corrected chi connectivity index (χ1v) is 12.6. The van der Waals surface area contributed by atoms with E-state index >= 15 is 0 Å². The van der Waals surface area contributed by atoms with Crippen LogP contribution in [0.4, 0.5) is 18.0 Å². The van der Waals surface area contributed by atoms with E-state index in [0.717, 1.165) is 25.0 Å². The lowest BCUT2D eigenvalue weighted by Crippen LogP contribution is -2.33. The van der Waals surface area contributed by atoms with Crippen molar-refractivity contribution in [1.29, 1.82) is 5.26 Å². The van der Waals surface area contributed by atoms with Gasteiger partial charge >= 0.3 is 12.3 Å². The Labute approximate surface area is 196 Å². The summed E-state index contributed by atoms with van der Waals surface area (Å²) in [6.45, 7) is 1.25. The monoisotopic (exact) mass is 504 g/mol. The van der Waals surface area contributed by atoms with Gasteiger partial charge in [-0.3, -0.25) is 0 Å². The van der Waals surface area contributed by atoms with Gasteiger partial charge in [0, 0.05) is 13.2 Å². The smallest absolute Gasteiger partial charge is 0.417 e. The second-order valence-electron chi connectivity index (χ2n) is 8.67. The predicted octanol–water partition coefficient (Wildman–Crippen LogP) is 3.91. The number of ether oxygens (including phenoxy) is 2. The zero-order valence-corrected chi connectivity index (χ0v) is 19.2. The van der Waals surface area contributed by atoms with E-state index in [1.54, 1.807) is 0 Å². The van der Waals surface area contributed by atoms with E-state index < -0.39 is 43.4 Å². The van der Waals surface area contributed by atoms with Gasteiger partial charge in [0.25, 0.3) is 0 Å². The van der Waals surface area contributed by atoms with Crippen molar-refractivity contribution in [3.05, 3.63) is 29.8 Å². The molecule has 2 atom stereocenters. The summed E-state index contributed by atoms with van der Waals surface area (Å²) in [5.41, 5.74) is -1.82. The van der Waals surface area contributed by atoms with Crippen LogP contribution < -0.4 is 5.32 Å². The summed E-state index contributed by atoms with van der Waals surface area (Å²) in [4.78, 5) is 9.33. The van der Waals surface area contributed by atoms with Crippen LogP contribution in [0.2, 0.25) is 0 Å². The summed E-state index contributed by atoms with van der Waals surface area (Å²) >= 11 is 0. The van der Waals surface area contributed by atoms with Crippen LogP contribution in [0.5, 0.6) is 0 Å². The topological polar surface area (TPSA) is 126 Å². The molecule has 0 spiro atoms. The van der Waals surface area contributed by atoms with Crippen molar-refractivity contribution >= 4 is 15.9 Å². The standard InChI is InChI=1S/C17H21F3O4S.C5H6N2O2/c18-17(19,20)15-3-1-2-4-16(15)25(21,22)14-6-5-13(11-14)24-12-7-9-23-10-8-12;6-3-5(1-2-5)7-4(8)9/h1-4,12-14H,5-11H2;7H,1-2H2,(H,8,9)/t13-,14-;/m1./s1. The van der Waals surface area contributed by atoms with Crippen LogP contribution in [-0.4, -0.2) is 55.8 Å². The number of hydrogen-bond donors (Lipinski definition) is 2. The fourth-order valence-corrected chi connectivity index (χ4v) is 6.15. The van der Waals surface area contributed by atoms with Gasteiger partial charge in [0.1, 0.15) is 5.54 Å². The lowest BCUT2D eigenvalue weighted by atomic mass is 10.1. The van der Waals surface area contributed by atoms with Gasteiger partial charge in [-0.25, -0.2) is 13.2 Å². The van der Waals surface area contributed by atoms with Crippen molar-refractivity contribution in [3.8, 4) is 6.07 Å². The molecule has 1 saturated heterocycles. The summed E-state index contributed by atoms with van der Waals surface area (Å²) in [5, 5.41) is 17.8. The fourth-order valence-electron chi connectivity index (χ4n) is 4.11. The van der Waals surface area contributed by atoms with E-state index in [9.17, 15) is 26.4 Å². The van der Waals surface area contributed by atoms with Crippen LogP contribution in [0.25, 0.3) is 0 Å². The SMILES string of the molecule is N#CC1(NC(=O)O)CC1.O=S(=O)(c1ccccc1C(F)(F)F)[C@@H]1CC[C@@H](OC2CCOCC2)C1. The molecule has 2 N–H and O–H groups in total. The fraction of sp³-hybridized carbons (Fsp3) is 0.636. The molecule has 1 aromatic carbocycles. The number of rotatable bonds is 5. The maximum atomic E-state index is 13.2. The largest absolute Gasteiger partial charge is 0.465 e. The van der Waals surface area contributed by atoms with Crippen LogP contribution >= 0.6 is 0 Å². The van der Waals surface area contributed by atoms with E-state index in [4.69, 9.17) is 19.8 Å². The van der Waals surface area contributed by atoms with Gasteiger partial charge in [-0.15, -0.1) is 0 Å². The van der Waals surface area contributed by atoms with Crippen LogP contribution in [-0.2, 0) is 25.5 Å². The molecular formula is C22H27F3N2O6S. The molecule has 0 radical (unpaired) electrons. The van der Waals surface area contributed by atoms with E-state index in [0.29, 0.717) is 38.9 Å². The van der Waals surface area contributed by atoms with Crippen LogP contribution in [0.15, 0.2) is 29.2 Å². The van der Waals surface area contributed by atoms with Crippen molar-refractivity contribution in [2.24, 2.45) is 0 Å². The Bertz CT molecular complexity index is 1010. The van der Waals surface area contributed by atoms with E-state index in [1.165, 1.54) is 12.1 Å². The molecule has 188 valence electrons. The summed E-state index contributed by atoms with van der Waals surface area (Å²) < 4.78 is 76.2. The third kappa shape index (κ3) is 6.61. The molecule has 3 aliphatic rings. The summed E-state index contributed by atoms with van der Waals surface area (Å²) in [6, 6.07) is 6.28. The van der Waals surface area contributed by atoms with Crippen molar-refractivity contribution in [2.75, 3.05) is 13.2 Å². The first-order valence-electron chi connectivity index (χ1n) is 11.0. The molecule has 0 unspecified atom stereocenters. The molecule has 2 aliphatic carbocycles. The van der Waals surface area contributed by atoms with Gasteiger partial charge in [-0.1, -0.05) is 12.1 Å². The summed E-state index contributed by atoms with van der Waals surface area (Å²) in [5.74, 6) is 0. The lowest BCUT2D eigenvalue weighted by Gasteiger charge is -2.25. The first kappa shape index (κ1) is 26.2. The molecule has 34 heavy (non-hydrogen) atoms. The first-order chi connectivity index (χ1) is 16.0. The zero-order chi connectivity index (χ0) is 25.0. The van der Waals surface area contributed by atoms with Gasteiger partial charge in [0.2, 0.25) is 0 Å². The van der Waals surface area contributed by atoms with Crippen molar-refractivity contribution in [2.45, 2.75) is 79.0 Å². The Hall–Kier alpha value is -2.36. The minimum absolute atomic E-state index is 0.0441. The van der Waals surface area contributed by atoms with E-state index in [-0.39, 0.29) is 18.6 Å². The molecule has 2 saturated carbocycles. The van der Waals surface area contributed by atoms with Gasteiger partial charge in [0.05, 0.1) is 34.0 Å². The zero-order valence-electron chi connectivity index (χ0n) is 18.4. The molecule has 1 heterocycles. The number of nitrogens with one attached hydrogen (secondary N) is 1. The number of sulfone groups is 1. The maximum absolute atomic E-state index is 13.2. The molecule has 3 fully saturated rings. The van der Waals surface area contributed by atoms with Crippen LogP contribution in [0.3, 0.4) is 0 Å². The second-order valence-corrected chi connectivity index (χ2v) is 10.9. The Morgan fingerprint density at radius 2 is 1.79 bits per heavy atom. The number of carboxylic acid groups (broad SMARTS) is 1. The van der Waals surface area contributed by atoms with Crippen LogP contribution in [0.1, 0.15) is 50.5 Å². The Balaban J connectivity index is 0.000000302. The average Bonchev–Trinajstić information content (AvgIpc) is 3.39. The number of amides is 1. The lowest BCUT2D eigenvalue weighted by molar-refractivity contribution is -0.139. The summed E-state index contributed by atoms with van der Waals surface area (Å²) in [7, 11) is -4.05. The van der Waals surface area contributed by atoms with Gasteiger partial charge < -0.3 is 19.9 Å². The highest BCUT2D eigenvalue weighted by atomic mass is 32.2. The van der Waals surface area contributed by atoms with Gasteiger partial charge in [0.15, 0.2) is 9.84 Å². The number of alkyl halides is 3. The molecule has 0 bridgehead atoms. The molecule has 4 rings (SSSR count). The number of halogens is 3. The Morgan fingerprint density at radius 3 is 2.32 bits per heavy atom. The molecule has 0 aromatic heterocycles. The number of nitrogens with zero attached hydrogens (tertiary/aromatic N) is 1. The molecule has 8 nitrogen and oxygen atoms in total. The molecular weight excluding hydrogens is 477 g/mol. The predicted molar refractivity (Wildman–Crippen MR) is 114 cm³/mol. The van der Waals surface area contributed by atoms with Crippen LogP contribution in [0, 0.1) is 11.3 Å². The summed E-state index contributed by atoms with van der Waals surface area (Å²) in [6.07, 6.45) is -2.04. The molecule has 12 heteroatoms. The number of benzene rings is 1. The average molecular weight is 505 g/mol. The maximum Gasteiger partial charge on any atom is 0.417 e. The van der Waals surface area contributed by atoms with E-state index in [1.807, 2.05) is 6.07 Å². The van der Waals surface area contributed by atoms with Crippen molar-refractivity contribution in [1.82, 2.24) is 5.32 Å². The van der Waals surface area contributed by atoms with E-state index in [2.05, 4.69) is 5.32 Å². The highest BCUT2D eigenvalue weighted by Crippen LogP contribution is 2.39. The second kappa shape index (κ2) is 10.5. The van der Waals surface area contributed by atoms with Gasteiger partial charge in [-0.05, 0) is 57.1 Å². The quantitative estimate of drug-likeness (QED) is 0.623. The highest BCUT2D eigenvalue weighted by molar-refractivity contribution is 7.92. The minimum atomic E-state index is -4.69. The third-order valence-electron chi connectivity index (χ3n) is 6.14. The number of carbonyl (C=O) groups is 1. The Kier molecular flexibility index (Phi) is 8.10. The Morgan fingerprint density at radius 1 is 1.15 bits per heavy atom. The van der Waals surface area contributed by atoms with Crippen molar-refractivity contribution < 1.29 is 41.0 Å². The molecule has 1 amide bonds. The number of hydrogen-bond acceptors (Lipinski definition) is 6. The molecule has 1 aromatic rings. The highest BCUT2D eigenvalue weighted by Gasteiger charge is 2.45. The normalized spacial score (nSPS) is 24.4. The third-order valence-corrected chi connectivity index (χ3v) is 8.41. The minimum Gasteiger partial charge on any atom is -0.465 e.